The smallest absolute Gasteiger partial charge is 0.221 e. The van der Waals surface area contributed by atoms with Crippen LogP contribution in [0.4, 0.5) is 10.1 Å². The summed E-state index contributed by atoms with van der Waals surface area (Å²) in [5.41, 5.74) is 1.96. The molecule has 2 aliphatic rings. The number of nitrogens with one attached hydrogen (secondary N) is 1. The molecule has 2 aromatic rings. The van der Waals surface area contributed by atoms with Crippen molar-refractivity contribution in [3.05, 3.63) is 65.5 Å². The molecule has 3 atom stereocenters. The number of carbonyl (C=O) groups is 1. The number of carbonyl (C=O) groups excluding carboxylic acids is 1. The molecular weight excluding hydrogens is 343 g/mol. The van der Waals surface area contributed by atoms with E-state index in [1.54, 1.807) is 12.1 Å². The number of hydrogen-bond acceptors (Lipinski definition) is 3. The summed E-state index contributed by atoms with van der Waals surface area (Å²) < 4.78 is 13.3. The molecule has 1 saturated carbocycles. The van der Waals surface area contributed by atoms with Crippen LogP contribution >= 0.6 is 0 Å². The summed E-state index contributed by atoms with van der Waals surface area (Å²) in [6.07, 6.45) is 1.74. The minimum atomic E-state index is -0.859. The van der Waals surface area contributed by atoms with Gasteiger partial charge in [-0.25, -0.2) is 4.39 Å². The summed E-state index contributed by atoms with van der Waals surface area (Å²) >= 11 is 0. The number of benzene rings is 2. The molecule has 0 bridgehead atoms. The van der Waals surface area contributed by atoms with Crippen LogP contribution in [0.1, 0.15) is 30.9 Å². The Kier molecular flexibility index (Phi) is 4.74. The highest BCUT2D eigenvalue weighted by molar-refractivity contribution is 5.88. The Morgan fingerprint density at radius 1 is 1.19 bits per heavy atom. The average molecular weight is 368 g/mol. The number of halogens is 1. The average Bonchev–Trinajstić information content (AvgIpc) is 3.17. The maximum atomic E-state index is 13.3. The van der Waals surface area contributed by atoms with Gasteiger partial charge in [0.15, 0.2) is 0 Å². The van der Waals surface area contributed by atoms with E-state index in [0.29, 0.717) is 5.92 Å². The van der Waals surface area contributed by atoms with E-state index >= 15 is 0 Å². The highest BCUT2D eigenvalue weighted by Gasteiger charge is 2.52. The Morgan fingerprint density at radius 2 is 1.89 bits per heavy atom. The molecule has 2 N–H and O–H groups in total. The third-order valence-corrected chi connectivity index (χ3v) is 6.05. The summed E-state index contributed by atoms with van der Waals surface area (Å²) in [6.45, 7) is 4.14. The van der Waals surface area contributed by atoms with E-state index in [-0.39, 0.29) is 17.6 Å². The number of likely N-dealkylation sites (tertiary alicyclic amines) is 1. The molecule has 5 heteroatoms. The van der Waals surface area contributed by atoms with Crippen LogP contribution in [0.25, 0.3) is 0 Å². The standard InChI is InChI=1S/C22H25FN2O2/c1-15(26)24-20-8-2-16(3-9-20)12-25-13-17-10-11-22(27,21(17)14-25)18-4-6-19(23)7-5-18/h2-9,17,21,27H,10-14H2,1H3,(H,24,26)/t17-,21+,22-/m0/s1. The molecule has 0 spiro atoms. The largest absolute Gasteiger partial charge is 0.385 e. The zero-order chi connectivity index (χ0) is 19.0. The number of rotatable bonds is 4. The molecule has 1 saturated heterocycles. The van der Waals surface area contributed by atoms with Gasteiger partial charge in [-0.2, -0.15) is 0 Å². The summed E-state index contributed by atoms with van der Waals surface area (Å²) in [4.78, 5) is 13.5. The molecule has 1 heterocycles. The van der Waals surface area contributed by atoms with Gasteiger partial charge in [0.05, 0.1) is 5.60 Å². The van der Waals surface area contributed by atoms with Crippen molar-refractivity contribution in [1.29, 1.82) is 0 Å². The Morgan fingerprint density at radius 3 is 2.56 bits per heavy atom. The normalized spacial score (nSPS) is 27.5. The van der Waals surface area contributed by atoms with Crippen molar-refractivity contribution < 1.29 is 14.3 Å². The topological polar surface area (TPSA) is 52.6 Å². The molecular formula is C22H25FN2O2. The minimum absolute atomic E-state index is 0.0739. The maximum absolute atomic E-state index is 13.3. The number of amides is 1. The van der Waals surface area contributed by atoms with Crippen LogP contribution in [0.2, 0.25) is 0 Å². The van der Waals surface area contributed by atoms with Crippen molar-refractivity contribution in [2.24, 2.45) is 11.8 Å². The zero-order valence-corrected chi connectivity index (χ0v) is 15.5. The monoisotopic (exact) mass is 368 g/mol. The van der Waals surface area contributed by atoms with Crippen molar-refractivity contribution in [3.8, 4) is 0 Å². The first-order chi connectivity index (χ1) is 12.9. The van der Waals surface area contributed by atoms with Gasteiger partial charge in [-0.3, -0.25) is 9.69 Å². The predicted molar refractivity (Wildman–Crippen MR) is 103 cm³/mol. The van der Waals surface area contributed by atoms with Gasteiger partial charge in [-0.1, -0.05) is 24.3 Å². The second kappa shape index (κ2) is 7.06. The van der Waals surface area contributed by atoms with E-state index in [1.165, 1.54) is 24.6 Å². The Labute approximate surface area is 159 Å². The number of fused-ring (bicyclic) bond motifs is 1. The lowest BCUT2D eigenvalue weighted by Gasteiger charge is -2.31. The highest BCUT2D eigenvalue weighted by Crippen LogP contribution is 2.50. The lowest BCUT2D eigenvalue weighted by molar-refractivity contribution is -0.114. The summed E-state index contributed by atoms with van der Waals surface area (Å²) in [5.74, 6) is 0.308. The SMILES string of the molecule is CC(=O)Nc1ccc(CN2C[C@@H]3CC[C@](O)(c4ccc(F)cc4)[C@@H]3C2)cc1. The first kappa shape index (κ1) is 18.1. The fraction of sp³-hybridized carbons (Fsp3) is 0.409. The molecule has 4 rings (SSSR count). The molecule has 1 aliphatic carbocycles. The molecule has 142 valence electrons. The number of aliphatic hydroxyl groups is 1. The van der Waals surface area contributed by atoms with Crippen LogP contribution in [0.15, 0.2) is 48.5 Å². The van der Waals surface area contributed by atoms with E-state index in [1.807, 2.05) is 24.3 Å². The number of anilines is 1. The first-order valence-corrected chi connectivity index (χ1v) is 9.51. The third kappa shape index (κ3) is 3.62. The van der Waals surface area contributed by atoms with Crippen molar-refractivity contribution >= 4 is 11.6 Å². The van der Waals surface area contributed by atoms with Gasteiger partial charge >= 0.3 is 0 Å². The molecule has 1 aliphatic heterocycles. The van der Waals surface area contributed by atoms with E-state index in [4.69, 9.17) is 0 Å². The van der Waals surface area contributed by atoms with Crippen LogP contribution in [0, 0.1) is 17.7 Å². The lowest BCUT2D eigenvalue weighted by atomic mass is 9.82. The van der Waals surface area contributed by atoms with Gasteiger partial charge in [0.25, 0.3) is 0 Å². The van der Waals surface area contributed by atoms with Crippen molar-refractivity contribution in [3.63, 3.8) is 0 Å². The Bertz CT molecular complexity index is 821. The second-order valence-electron chi connectivity index (χ2n) is 7.91. The quantitative estimate of drug-likeness (QED) is 0.868. The zero-order valence-electron chi connectivity index (χ0n) is 15.5. The lowest BCUT2D eigenvalue weighted by Crippen LogP contribution is -2.34. The van der Waals surface area contributed by atoms with Gasteiger partial charge in [0, 0.05) is 38.2 Å². The fourth-order valence-electron chi connectivity index (χ4n) is 4.77. The highest BCUT2D eigenvalue weighted by atomic mass is 19.1. The molecule has 27 heavy (non-hydrogen) atoms. The summed E-state index contributed by atoms with van der Waals surface area (Å²) in [7, 11) is 0. The van der Waals surface area contributed by atoms with Gasteiger partial charge < -0.3 is 10.4 Å². The number of nitrogens with zero attached hydrogens (tertiary/aromatic N) is 1. The van der Waals surface area contributed by atoms with E-state index in [0.717, 1.165) is 43.7 Å². The molecule has 0 aromatic heterocycles. The molecule has 0 radical (unpaired) electrons. The van der Waals surface area contributed by atoms with Gasteiger partial charge in [0.2, 0.25) is 5.91 Å². The van der Waals surface area contributed by atoms with Crippen LogP contribution < -0.4 is 5.32 Å². The molecule has 1 amide bonds. The fourth-order valence-corrected chi connectivity index (χ4v) is 4.77. The predicted octanol–water partition coefficient (Wildman–Crippen LogP) is 3.51. The minimum Gasteiger partial charge on any atom is -0.385 e. The van der Waals surface area contributed by atoms with Crippen LogP contribution in [-0.4, -0.2) is 29.0 Å². The van der Waals surface area contributed by atoms with Gasteiger partial charge in [-0.05, 0) is 54.2 Å². The molecule has 4 nitrogen and oxygen atoms in total. The van der Waals surface area contributed by atoms with Crippen molar-refractivity contribution in [2.45, 2.75) is 31.9 Å². The van der Waals surface area contributed by atoms with Crippen LogP contribution in [0.5, 0.6) is 0 Å². The maximum Gasteiger partial charge on any atom is 0.221 e. The molecule has 0 unspecified atom stereocenters. The third-order valence-electron chi connectivity index (χ3n) is 6.05. The Hall–Kier alpha value is -2.24. The van der Waals surface area contributed by atoms with Gasteiger partial charge in [-0.15, -0.1) is 0 Å². The van der Waals surface area contributed by atoms with E-state index < -0.39 is 5.60 Å². The first-order valence-electron chi connectivity index (χ1n) is 9.51. The van der Waals surface area contributed by atoms with Crippen molar-refractivity contribution in [1.82, 2.24) is 4.90 Å². The van der Waals surface area contributed by atoms with E-state index in [2.05, 4.69) is 10.2 Å². The Balaban J connectivity index is 1.43. The van der Waals surface area contributed by atoms with E-state index in [9.17, 15) is 14.3 Å². The molecule has 2 fully saturated rings. The molecule has 2 aromatic carbocycles. The summed E-state index contributed by atoms with van der Waals surface area (Å²) in [5, 5.41) is 14.1. The summed E-state index contributed by atoms with van der Waals surface area (Å²) in [6, 6.07) is 14.2. The van der Waals surface area contributed by atoms with Crippen LogP contribution in [0.3, 0.4) is 0 Å². The van der Waals surface area contributed by atoms with Gasteiger partial charge in [0.1, 0.15) is 5.82 Å². The number of hydrogen-bond donors (Lipinski definition) is 2. The second-order valence-corrected chi connectivity index (χ2v) is 7.91. The van der Waals surface area contributed by atoms with Crippen LogP contribution in [-0.2, 0) is 16.9 Å². The van der Waals surface area contributed by atoms with Crippen molar-refractivity contribution in [2.75, 3.05) is 18.4 Å².